The molecule has 0 unspecified atom stereocenters. The van der Waals surface area contributed by atoms with Crippen molar-refractivity contribution in [1.29, 1.82) is 0 Å². The number of halogens is 1. The van der Waals surface area contributed by atoms with Crippen LogP contribution in [0.5, 0.6) is 5.75 Å². The fraction of sp³-hybridized carbons (Fsp3) is 0.278. The molecule has 1 amide bonds. The molecular weight excluding hydrogens is 376 g/mol. The molecule has 0 saturated carbocycles. The summed E-state index contributed by atoms with van der Waals surface area (Å²) in [4.78, 5) is 12.8. The van der Waals surface area contributed by atoms with E-state index in [-0.39, 0.29) is 22.9 Å². The van der Waals surface area contributed by atoms with Gasteiger partial charge in [-0.25, -0.2) is 8.42 Å². The lowest BCUT2D eigenvalue weighted by Crippen LogP contribution is -2.43. The minimum absolute atomic E-state index is 0.131. The van der Waals surface area contributed by atoms with Gasteiger partial charge >= 0.3 is 0 Å². The van der Waals surface area contributed by atoms with E-state index >= 15 is 0 Å². The Bertz CT molecular complexity index is 929. The van der Waals surface area contributed by atoms with E-state index in [4.69, 9.17) is 11.6 Å². The molecule has 2 aromatic rings. The molecule has 8 heteroatoms. The van der Waals surface area contributed by atoms with E-state index in [1.165, 1.54) is 22.5 Å². The molecule has 6 nitrogen and oxygen atoms in total. The number of hydrogen-bond acceptors (Lipinski definition) is 4. The first kappa shape index (κ1) is 18.7. The highest BCUT2D eigenvalue weighted by atomic mass is 35.5. The van der Waals surface area contributed by atoms with Crippen LogP contribution in [0.1, 0.15) is 18.4 Å². The van der Waals surface area contributed by atoms with Gasteiger partial charge < -0.3 is 10.4 Å². The van der Waals surface area contributed by atoms with E-state index < -0.39 is 22.0 Å². The molecule has 0 radical (unpaired) electrons. The number of nitrogens with one attached hydrogen (secondary N) is 1. The lowest BCUT2D eigenvalue weighted by Gasteiger charge is -2.23. The van der Waals surface area contributed by atoms with Crippen molar-refractivity contribution in [3.8, 4) is 5.75 Å². The fourth-order valence-electron chi connectivity index (χ4n) is 2.96. The molecule has 0 aliphatic carbocycles. The van der Waals surface area contributed by atoms with E-state index in [0.29, 0.717) is 17.9 Å². The maximum Gasteiger partial charge on any atom is 0.243 e. The van der Waals surface area contributed by atoms with Crippen molar-refractivity contribution >= 4 is 33.2 Å². The smallest absolute Gasteiger partial charge is 0.243 e. The number of carbonyl (C=O) groups is 1. The first-order valence-electron chi connectivity index (χ1n) is 8.17. The average molecular weight is 395 g/mol. The molecule has 138 valence electrons. The van der Waals surface area contributed by atoms with Crippen LogP contribution >= 0.6 is 11.6 Å². The third-order valence-electron chi connectivity index (χ3n) is 4.35. The number of amides is 1. The SMILES string of the molecule is Cc1ccc(S(=O)(=O)N2CCC[C@H]2C(=O)Nc2cc(Cl)ccc2O)cc1. The maximum atomic E-state index is 12.9. The van der Waals surface area contributed by atoms with Gasteiger partial charge in [0.1, 0.15) is 11.8 Å². The Morgan fingerprint density at radius 2 is 1.92 bits per heavy atom. The zero-order valence-electron chi connectivity index (χ0n) is 14.1. The van der Waals surface area contributed by atoms with E-state index in [1.807, 2.05) is 6.92 Å². The number of rotatable bonds is 4. The lowest BCUT2D eigenvalue weighted by molar-refractivity contribution is -0.119. The van der Waals surface area contributed by atoms with Crippen LogP contribution in [0.25, 0.3) is 0 Å². The van der Waals surface area contributed by atoms with Crippen molar-refractivity contribution in [3.05, 3.63) is 53.1 Å². The van der Waals surface area contributed by atoms with Gasteiger partial charge in [0.15, 0.2) is 0 Å². The number of carbonyl (C=O) groups excluding carboxylic acids is 1. The van der Waals surface area contributed by atoms with Crippen molar-refractivity contribution in [1.82, 2.24) is 4.31 Å². The van der Waals surface area contributed by atoms with E-state index in [2.05, 4.69) is 5.32 Å². The summed E-state index contributed by atoms with van der Waals surface area (Å²) in [5.41, 5.74) is 1.11. The van der Waals surface area contributed by atoms with Gasteiger partial charge in [0.25, 0.3) is 0 Å². The number of nitrogens with zero attached hydrogens (tertiary/aromatic N) is 1. The van der Waals surface area contributed by atoms with Gasteiger partial charge in [-0.2, -0.15) is 4.31 Å². The number of phenolic OH excluding ortho intramolecular Hbond substituents is 1. The first-order chi connectivity index (χ1) is 12.3. The minimum Gasteiger partial charge on any atom is -0.506 e. The topological polar surface area (TPSA) is 86.7 Å². The van der Waals surface area contributed by atoms with Crippen LogP contribution in [-0.2, 0) is 14.8 Å². The number of aryl methyl sites for hydroxylation is 1. The van der Waals surface area contributed by atoms with Crippen LogP contribution in [0.2, 0.25) is 5.02 Å². The van der Waals surface area contributed by atoms with Crippen LogP contribution in [0, 0.1) is 6.92 Å². The van der Waals surface area contributed by atoms with Crippen molar-refractivity contribution < 1.29 is 18.3 Å². The van der Waals surface area contributed by atoms with Gasteiger partial charge in [0.2, 0.25) is 15.9 Å². The second-order valence-corrected chi connectivity index (χ2v) is 8.56. The molecule has 1 saturated heterocycles. The highest BCUT2D eigenvalue weighted by molar-refractivity contribution is 7.89. The molecule has 2 aromatic carbocycles. The van der Waals surface area contributed by atoms with Crippen molar-refractivity contribution in [2.75, 3.05) is 11.9 Å². The summed E-state index contributed by atoms with van der Waals surface area (Å²) in [5, 5.41) is 12.8. The van der Waals surface area contributed by atoms with E-state index in [0.717, 1.165) is 5.56 Å². The monoisotopic (exact) mass is 394 g/mol. The second-order valence-electron chi connectivity index (χ2n) is 6.24. The third-order valence-corrected chi connectivity index (χ3v) is 6.51. The molecule has 0 spiro atoms. The van der Waals surface area contributed by atoms with Crippen LogP contribution < -0.4 is 5.32 Å². The van der Waals surface area contributed by atoms with Crippen molar-refractivity contribution in [3.63, 3.8) is 0 Å². The minimum atomic E-state index is -3.78. The average Bonchev–Trinajstić information content (AvgIpc) is 3.09. The Labute approximate surface area is 157 Å². The zero-order chi connectivity index (χ0) is 18.9. The van der Waals surface area contributed by atoms with Crippen LogP contribution in [0.3, 0.4) is 0 Å². The molecule has 0 bridgehead atoms. The van der Waals surface area contributed by atoms with Crippen LogP contribution in [-0.4, -0.2) is 36.3 Å². The van der Waals surface area contributed by atoms with Crippen molar-refractivity contribution in [2.45, 2.75) is 30.7 Å². The zero-order valence-corrected chi connectivity index (χ0v) is 15.7. The van der Waals surface area contributed by atoms with Gasteiger partial charge in [-0.3, -0.25) is 4.79 Å². The standard InChI is InChI=1S/C18H19ClN2O4S/c1-12-4-7-14(8-5-12)26(24,25)21-10-2-3-16(21)18(23)20-15-11-13(19)6-9-17(15)22/h4-9,11,16,22H,2-3,10H2,1H3,(H,20,23)/t16-/m0/s1. The largest absolute Gasteiger partial charge is 0.506 e. The Morgan fingerprint density at radius 1 is 1.23 bits per heavy atom. The Balaban J connectivity index is 1.84. The predicted octanol–water partition coefficient (Wildman–Crippen LogP) is 3.15. The summed E-state index contributed by atoms with van der Waals surface area (Å²) in [6.07, 6.45) is 1.00. The van der Waals surface area contributed by atoms with E-state index in [1.54, 1.807) is 24.3 Å². The molecule has 1 fully saturated rings. The normalized spacial score (nSPS) is 18.0. The Hall–Kier alpha value is -2.09. The first-order valence-corrected chi connectivity index (χ1v) is 9.99. The number of anilines is 1. The summed E-state index contributed by atoms with van der Waals surface area (Å²) in [6.45, 7) is 2.15. The third kappa shape index (κ3) is 3.70. The quantitative estimate of drug-likeness (QED) is 0.780. The fourth-order valence-corrected chi connectivity index (χ4v) is 4.79. The number of phenols is 1. The maximum absolute atomic E-state index is 12.9. The van der Waals surface area contributed by atoms with Gasteiger partial charge in [-0.1, -0.05) is 29.3 Å². The summed E-state index contributed by atoms with van der Waals surface area (Å²) >= 11 is 5.89. The van der Waals surface area contributed by atoms with Crippen LogP contribution in [0.15, 0.2) is 47.4 Å². The highest BCUT2D eigenvalue weighted by Crippen LogP contribution is 2.30. The molecule has 1 atom stereocenters. The van der Waals surface area contributed by atoms with Gasteiger partial charge in [-0.05, 0) is 50.1 Å². The number of aromatic hydroxyl groups is 1. The molecule has 0 aromatic heterocycles. The summed E-state index contributed by atoms with van der Waals surface area (Å²) in [6, 6.07) is 9.98. The molecule has 1 aliphatic rings. The molecule has 3 rings (SSSR count). The Morgan fingerprint density at radius 3 is 2.62 bits per heavy atom. The number of benzene rings is 2. The highest BCUT2D eigenvalue weighted by Gasteiger charge is 2.39. The lowest BCUT2D eigenvalue weighted by atomic mass is 10.2. The molecule has 26 heavy (non-hydrogen) atoms. The van der Waals surface area contributed by atoms with Gasteiger partial charge in [-0.15, -0.1) is 0 Å². The van der Waals surface area contributed by atoms with Gasteiger partial charge in [0.05, 0.1) is 10.6 Å². The number of sulfonamides is 1. The Kier molecular flexibility index (Phi) is 5.22. The number of hydrogen-bond donors (Lipinski definition) is 2. The summed E-state index contributed by atoms with van der Waals surface area (Å²) in [7, 11) is -3.78. The second kappa shape index (κ2) is 7.26. The van der Waals surface area contributed by atoms with Gasteiger partial charge in [0, 0.05) is 11.6 Å². The predicted molar refractivity (Wildman–Crippen MR) is 99.8 cm³/mol. The summed E-state index contributed by atoms with van der Waals surface area (Å²) in [5.74, 6) is -0.621. The molecular formula is C18H19ClN2O4S. The molecule has 1 heterocycles. The van der Waals surface area contributed by atoms with Crippen molar-refractivity contribution in [2.24, 2.45) is 0 Å². The molecule has 1 aliphatic heterocycles. The summed E-state index contributed by atoms with van der Waals surface area (Å²) < 4.78 is 27.0. The molecule has 2 N–H and O–H groups in total. The van der Waals surface area contributed by atoms with Crippen LogP contribution in [0.4, 0.5) is 5.69 Å². The van der Waals surface area contributed by atoms with E-state index in [9.17, 15) is 18.3 Å².